The van der Waals surface area contributed by atoms with E-state index in [4.69, 9.17) is 9.84 Å². The fourth-order valence-electron chi connectivity index (χ4n) is 2.51. The molecule has 132 valence electrons. The average molecular weight is 313 g/mol. The van der Waals surface area contributed by atoms with Crippen LogP contribution in [0.15, 0.2) is 12.2 Å². The summed E-state index contributed by atoms with van der Waals surface area (Å²) in [7, 11) is 0. The van der Waals surface area contributed by atoms with Crippen molar-refractivity contribution in [1.82, 2.24) is 0 Å². The minimum atomic E-state index is -0.195. The lowest BCUT2D eigenvalue weighted by Gasteiger charge is -2.06. The zero-order chi connectivity index (χ0) is 16.5. The van der Waals surface area contributed by atoms with Crippen LogP contribution in [0.1, 0.15) is 97.8 Å². The third-order valence-electron chi connectivity index (χ3n) is 3.86. The summed E-state index contributed by atoms with van der Waals surface area (Å²) >= 11 is 0. The molecule has 0 aromatic heterocycles. The first kappa shape index (κ1) is 21.7. The Labute approximate surface area is 139 Å². The molecule has 0 aliphatic heterocycles. The van der Waals surface area contributed by atoms with Gasteiger partial charge in [0.25, 0.3) is 0 Å². The van der Waals surface area contributed by atoms with E-state index in [0.29, 0.717) is 6.10 Å². The molecule has 0 fully saturated rings. The smallest absolute Gasteiger partial charge is 0.0546 e. The van der Waals surface area contributed by atoms with Gasteiger partial charge in [-0.15, -0.1) is 0 Å². The van der Waals surface area contributed by atoms with Gasteiger partial charge < -0.3 is 9.84 Å². The van der Waals surface area contributed by atoms with Crippen LogP contribution < -0.4 is 0 Å². The quantitative estimate of drug-likeness (QED) is 0.278. The Kier molecular flexibility index (Phi) is 16.8. The average Bonchev–Trinajstić information content (AvgIpc) is 2.46. The number of aliphatic hydroxyl groups excluding tert-OH is 1. The first-order chi connectivity index (χ1) is 10.6. The minimum Gasteiger partial charge on any atom is -0.393 e. The van der Waals surface area contributed by atoms with Gasteiger partial charge in [0, 0.05) is 6.61 Å². The molecule has 1 atom stereocenters. The van der Waals surface area contributed by atoms with Crippen molar-refractivity contribution in [2.45, 2.75) is 110 Å². The summed E-state index contributed by atoms with van der Waals surface area (Å²) in [5.41, 5.74) is 0. The second-order valence-corrected chi connectivity index (χ2v) is 6.80. The number of allylic oxidation sites excluding steroid dienone is 1. The molecule has 2 heteroatoms. The van der Waals surface area contributed by atoms with E-state index in [2.05, 4.69) is 26.0 Å². The van der Waals surface area contributed by atoms with E-state index in [1.807, 2.05) is 6.92 Å². The molecule has 0 heterocycles. The van der Waals surface area contributed by atoms with Crippen molar-refractivity contribution >= 4 is 0 Å². The molecule has 1 N–H and O–H groups in total. The highest BCUT2D eigenvalue weighted by atomic mass is 16.5. The van der Waals surface area contributed by atoms with Crippen molar-refractivity contribution in [2.75, 3.05) is 6.61 Å². The van der Waals surface area contributed by atoms with Crippen LogP contribution in [0.4, 0.5) is 0 Å². The lowest BCUT2D eigenvalue weighted by atomic mass is 10.1. The maximum Gasteiger partial charge on any atom is 0.0546 e. The highest BCUT2D eigenvalue weighted by molar-refractivity contribution is 4.82. The van der Waals surface area contributed by atoms with Crippen molar-refractivity contribution in [2.24, 2.45) is 0 Å². The van der Waals surface area contributed by atoms with Crippen LogP contribution in [0, 0.1) is 0 Å². The lowest BCUT2D eigenvalue weighted by molar-refractivity contribution is 0.0756. The Morgan fingerprint density at radius 2 is 1.23 bits per heavy atom. The molecule has 0 saturated heterocycles. The fourth-order valence-corrected chi connectivity index (χ4v) is 2.51. The van der Waals surface area contributed by atoms with E-state index in [1.165, 1.54) is 70.6 Å². The van der Waals surface area contributed by atoms with Gasteiger partial charge in [0.2, 0.25) is 0 Å². The van der Waals surface area contributed by atoms with Gasteiger partial charge in [-0.2, -0.15) is 0 Å². The van der Waals surface area contributed by atoms with Crippen molar-refractivity contribution in [3.8, 4) is 0 Å². The first-order valence-electron chi connectivity index (χ1n) is 9.57. The molecule has 0 aliphatic rings. The van der Waals surface area contributed by atoms with Gasteiger partial charge in [-0.05, 0) is 46.5 Å². The van der Waals surface area contributed by atoms with Gasteiger partial charge in [0.15, 0.2) is 0 Å². The van der Waals surface area contributed by atoms with E-state index in [0.717, 1.165) is 13.0 Å². The van der Waals surface area contributed by atoms with Gasteiger partial charge >= 0.3 is 0 Å². The molecule has 0 aromatic carbocycles. The monoisotopic (exact) mass is 312 g/mol. The molecule has 0 radical (unpaired) electrons. The van der Waals surface area contributed by atoms with E-state index < -0.39 is 0 Å². The topological polar surface area (TPSA) is 29.5 Å². The van der Waals surface area contributed by atoms with E-state index in [1.54, 1.807) is 0 Å². The molecule has 0 aliphatic carbocycles. The molecule has 0 bridgehead atoms. The fraction of sp³-hybridized carbons (Fsp3) is 0.900. The third kappa shape index (κ3) is 19.7. The number of hydrogen-bond donors (Lipinski definition) is 1. The summed E-state index contributed by atoms with van der Waals surface area (Å²) in [6.07, 6.45) is 20.0. The van der Waals surface area contributed by atoms with Crippen molar-refractivity contribution in [3.05, 3.63) is 12.2 Å². The molecule has 22 heavy (non-hydrogen) atoms. The highest BCUT2D eigenvalue weighted by Gasteiger charge is 1.95. The summed E-state index contributed by atoms with van der Waals surface area (Å²) in [5, 5.41) is 9.12. The Morgan fingerprint density at radius 1 is 0.727 bits per heavy atom. The largest absolute Gasteiger partial charge is 0.393 e. The molecule has 0 amide bonds. The van der Waals surface area contributed by atoms with Gasteiger partial charge in [-0.1, -0.05) is 63.5 Å². The summed E-state index contributed by atoms with van der Waals surface area (Å²) in [6.45, 7) is 6.98. The summed E-state index contributed by atoms with van der Waals surface area (Å²) < 4.78 is 5.54. The van der Waals surface area contributed by atoms with E-state index in [9.17, 15) is 0 Å². The van der Waals surface area contributed by atoms with Crippen molar-refractivity contribution in [3.63, 3.8) is 0 Å². The Balaban J connectivity index is 3.04. The van der Waals surface area contributed by atoms with Crippen LogP contribution in [0.3, 0.4) is 0 Å². The Hall–Kier alpha value is -0.340. The zero-order valence-electron chi connectivity index (χ0n) is 15.4. The maximum absolute atomic E-state index is 9.12. The summed E-state index contributed by atoms with van der Waals surface area (Å²) in [6, 6.07) is 0. The Bertz CT molecular complexity index is 234. The van der Waals surface area contributed by atoms with Gasteiger partial charge in [-0.3, -0.25) is 0 Å². The Morgan fingerprint density at radius 3 is 1.73 bits per heavy atom. The van der Waals surface area contributed by atoms with Crippen molar-refractivity contribution < 1.29 is 9.84 Å². The lowest BCUT2D eigenvalue weighted by Crippen LogP contribution is -2.03. The van der Waals surface area contributed by atoms with Gasteiger partial charge in [0.1, 0.15) is 0 Å². The number of ether oxygens (including phenoxy) is 1. The normalized spacial score (nSPS) is 13.3. The SMILES string of the molecule is CC(O)CC=CCCCCCCCCCCCCOC(C)C. The molecule has 0 aromatic rings. The van der Waals surface area contributed by atoms with Crippen LogP contribution >= 0.6 is 0 Å². The number of aliphatic hydroxyl groups is 1. The molecule has 0 rings (SSSR count). The van der Waals surface area contributed by atoms with E-state index in [-0.39, 0.29) is 6.10 Å². The van der Waals surface area contributed by atoms with Crippen LogP contribution in [0.2, 0.25) is 0 Å². The third-order valence-corrected chi connectivity index (χ3v) is 3.86. The van der Waals surface area contributed by atoms with Gasteiger partial charge in [0.05, 0.1) is 12.2 Å². The second kappa shape index (κ2) is 17.0. The zero-order valence-corrected chi connectivity index (χ0v) is 15.4. The predicted molar refractivity (Wildman–Crippen MR) is 97.3 cm³/mol. The molecular weight excluding hydrogens is 272 g/mol. The number of unbranched alkanes of at least 4 members (excludes halogenated alkanes) is 10. The van der Waals surface area contributed by atoms with Crippen LogP contribution in [0.25, 0.3) is 0 Å². The first-order valence-corrected chi connectivity index (χ1v) is 9.57. The van der Waals surface area contributed by atoms with Crippen LogP contribution in [-0.4, -0.2) is 23.9 Å². The molecular formula is C20H40O2. The van der Waals surface area contributed by atoms with Crippen LogP contribution in [0.5, 0.6) is 0 Å². The predicted octanol–water partition coefficient (Wildman–Crippen LogP) is 6.03. The van der Waals surface area contributed by atoms with Gasteiger partial charge in [-0.25, -0.2) is 0 Å². The summed E-state index contributed by atoms with van der Waals surface area (Å²) in [5.74, 6) is 0. The highest BCUT2D eigenvalue weighted by Crippen LogP contribution is 2.11. The maximum atomic E-state index is 9.12. The number of hydrogen-bond acceptors (Lipinski definition) is 2. The molecule has 1 unspecified atom stereocenters. The minimum absolute atomic E-state index is 0.195. The van der Waals surface area contributed by atoms with Crippen LogP contribution in [-0.2, 0) is 4.74 Å². The second-order valence-electron chi connectivity index (χ2n) is 6.80. The molecule has 2 nitrogen and oxygen atoms in total. The standard InChI is InChI=1S/C20H40O2/c1-19(2)22-18-16-14-12-10-8-6-4-5-7-9-11-13-15-17-20(3)21/h13,15,19-21H,4-12,14,16-18H2,1-3H3. The summed E-state index contributed by atoms with van der Waals surface area (Å²) in [4.78, 5) is 0. The number of rotatable bonds is 16. The van der Waals surface area contributed by atoms with E-state index >= 15 is 0 Å². The molecule has 0 spiro atoms. The molecule has 0 saturated carbocycles. The van der Waals surface area contributed by atoms with Crippen molar-refractivity contribution in [1.29, 1.82) is 0 Å².